The summed E-state index contributed by atoms with van der Waals surface area (Å²) in [6.45, 7) is -2.35. The molecule has 0 bridgehead atoms. The minimum atomic E-state index is -3.35. The first-order chi connectivity index (χ1) is 8.41. The van der Waals surface area contributed by atoms with E-state index in [4.69, 9.17) is 23.1 Å². The summed E-state index contributed by atoms with van der Waals surface area (Å²) in [4.78, 5) is 11.7. The van der Waals surface area contributed by atoms with Gasteiger partial charge in [0.15, 0.2) is 0 Å². The van der Waals surface area contributed by atoms with Crippen LogP contribution in [0.5, 0.6) is 0 Å². The Hall–Kier alpha value is -1.65. The number of terminal acetylenes is 1. The molecule has 0 aliphatic rings. The lowest BCUT2D eigenvalue weighted by atomic mass is 10.3. The van der Waals surface area contributed by atoms with Crippen molar-refractivity contribution in [3.05, 3.63) is 21.6 Å². The van der Waals surface area contributed by atoms with Crippen molar-refractivity contribution in [2.45, 2.75) is 12.5 Å². The standard InChI is InChI=1S/C10H10ClF2N3O2/c1-2-3-16-9(18)8(7(11)4-15-16)14-5-10(12,13)6-17/h1,4,14,17H,3,5-6H2. The van der Waals surface area contributed by atoms with Crippen LogP contribution in [-0.4, -0.2) is 34.0 Å². The van der Waals surface area contributed by atoms with Gasteiger partial charge in [0.2, 0.25) is 0 Å². The lowest BCUT2D eigenvalue weighted by Gasteiger charge is -2.15. The molecule has 0 spiro atoms. The quantitative estimate of drug-likeness (QED) is 0.772. The van der Waals surface area contributed by atoms with Crippen molar-refractivity contribution in [3.63, 3.8) is 0 Å². The molecule has 1 aromatic rings. The maximum Gasteiger partial charge on any atom is 0.292 e. The van der Waals surface area contributed by atoms with E-state index < -0.39 is 24.6 Å². The first-order valence-corrected chi connectivity index (χ1v) is 5.20. The number of nitrogens with zero attached hydrogens (tertiary/aromatic N) is 2. The minimum Gasteiger partial charge on any atom is -0.390 e. The van der Waals surface area contributed by atoms with Gasteiger partial charge in [0.1, 0.15) is 18.8 Å². The van der Waals surface area contributed by atoms with Gasteiger partial charge in [0.25, 0.3) is 11.5 Å². The first-order valence-electron chi connectivity index (χ1n) is 4.83. The predicted molar refractivity (Wildman–Crippen MR) is 62.9 cm³/mol. The van der Waals surface area contributed by atoms with Crippen LogP contribution in [0.4, 0.5) is 14.5 Å². The molecule has 0 radical (unpaired) electrons. The highest BCUT2D eigenvalue weighted by atomic mass is 35.5. The number of alkyl halides is 2. The highest BCUT2D eigenvalue weighted by molar-refractivity contribution is 6.32. The molecule has 0 fully saturated rings. The van der Waals surface area contributed by atoms with Gasteiger partial charge in [-0.1, -0.05) is 17.5 Å². The summed E-state index contributed by atoms with van der Waals surface area (Å²) in [6.07, 6.45) is 6.15. The number of aromatic nitrogens is 2. The van der Waals surface area contributed by atoms with E-state index in [-0.39, 0.29) is 17.3 Å². The van der Waals surface area contributed by atoms with Gasteiger partial charge >= 0.3 is 0 Å². The molecule has 0 saturated heterocycles. The number of hydrogen-bond acceptors (Lipinski definition) is 4. The fraction of sp³-hybridized carbons (Fsp3) is 0.400. The highest BCUT2D eigenvalue weighted by Crippen LogP contribution is 2.18. The van der Waals surface area contributed by atoms with Crippen LogP contribution >= 0.6 is 11.6 Å². The van der Waals surface area contributed by atoms with Crippen molar-refractivity contribution in [2.24, 2.45) is 0 Å². The Balaban J connectivity index is 2.99. The van der Waals surface area contributed by atoms with E-state index in [0.29, 0.717) is 0 Å². The molecule has 1 heterocycles. The van der Waals surface area contributed by atoms with Crippen LogP contribution in [0.1, 0.15) is 0 Å². The number of nitrogens with one attached hydrogen (secondary N) is 1. The maximum atomic E-state index is 12.8. The molecule has 0 aromatic carbocycles. The third-order valence-electron chi connectivity index (χ3n) is 1.99. The molecule has 2 N–H and O–H groups in total. The molecule has 0 aliphatic heterocycles. The Morgan fingerprint density at radius 1 is 1.67 bits per heavy atom. The zero-order valence-electron chi connectivity index (χ0n) is 9.16. The van der Waals surface area contributed by atoms with E-state index in [2.05, 4.69) is 16.3 Å². The van der Waals surface area contributed by atoms with Gasteiger partial charge in [0, 0.05) is 0 Å². The summed E-state index contributed by atoms with van der Waals surface area (Å²) >= 11 is 5.68. The second kappa shape index (κ2) is 5.80. The van der Waals surface area contributed by atoms with Crippen molar-refractivity contribution in [1.29, 1.82) is 0 Å². The molecule has 8 heteroatoms. The molecule has 1 aromatic heterocycles. The van der Waals surface area contributed by atoms with Crippen molar-refractivity contribution in [3.8, 4) is 12.3 Å². The second-order valence-electron chi connectivity index (χ2n) is 3.40. The van der Waals surface area contributed by atoms with E-state index in [1.165, 1.54) is 0 Å². The van der Waals surface area contributed by atoms with E-state index >= 15 is 0 Å². The molecule has 18 heavy (non-hydrogen) atoms. The Kier molecular flexibility index (Phi) is 4.64. The topological polar surface area (TPSA) is 67.2 Å². The van der Waals surface area contributed by atoms with Crippen molar-refractivity contribution in [2.75, 3.05) is 18.5 Å². The molecule has 5 nitrogen and oxygen atoms in total. The predicted octanol–water partition coefficient (Wildman–Crippen LogP) is 0.569. The number of hydrogen-bond donors (Lipinski definition) is 2. The Morgan fingerprint density at radius 3 is 2.89 bits per heavy atom. The Labute approximate surface area is 106 Å². The van der Waals surface area contributed by atoms with Gasteiger partial charge in [-0.3, -0.25) is 4.79 Å². The summed E-state index contributed by atoms with van der Waals surface area (Å²) in [5.41, 5.74) is -0.927. The first kappa shape index (κ1) is 14.4. The number of halogens is 3. The number of rotatable bonds is 5. The van der Waals surface area contributed by atoms with Gasteiger partial charge in [-0.15, -0.1) is 6.42 Å². The third kappa shape index (κ3) is 3.42. The average Bonchev–Trinajstić information content (AvgIpc) is 2.33. The smallest absolute Gasteiger partial charge is 0.292 e. The summed E-state index contributed by atoms with van der Waals surface area (Å²) in [6, 6.07) is 0. The molecule has 98 valence electrons. The van der Waals surface area contributed by atoms with Gasteiger partial charge in [-0.2, -0.15) is 5.10 Å². The molecule has 0 atom stereocenters. The van der Waals surface area contributed by atoms with Crippen LogP contribution in [0, 0.1) is 12.3 Å². The summed E-state index contributed by atoms with van der Waals surface area (Å²) in [5, 5.41) is 14.1. The summed E-state index contributed by atoms with van der Waals surface area (Å²) < 4.78 is 26.6. The van der Waals surface area contributed by atoms with Crippen LogP contribution in [-0.2, 0) is 6.54 Å². The zero-order valence-corrected chi connectivity index (χ0v) is 9.92. The van der Waals surface area contributed by atoms with E-state index in [9.17, 15) is 13.6 Å². The van der Waals surface area contributed by atoms with Crippen LogP contribution in [0.3, 0.4) is 0 Å². The fourth-order valence-electron chi connectivity index (χ4n) is 1.10. The summed E-state index contributed by atoms with van der Waals surface area (Å²) in [5.74, 6) is -1.15. The van der Waals surface area contributed by atoms with E-state index in [1.54, 1.807) is 0 Å². The van der Waals surface area contributed by atoms with E-state index in [1.807, 2.05) is 0 Å². The van der Waals surface area contributed by atoms with E-state index in [0.717, 1.165) is 10.9 Å². The van der Waals surface area contributed by atoms with Gasteiger partial charge < -0.3 is 10.4 Å². The van der Waals surface area contributed by atoms with Crippen LogP contribution in [0.25, 0.3) is 0 Å². The molecule has 0 saturated carbocycles. The lowest BCUT2D eigenvalue weighted by molar-refractivity contribution is -0.0373. The molecular weight excluding hydrogens is 268 g/mol. The Morgan fingerprint density at radius 2 is 2.33 bits per heavy atom. The lowest BCUT2D eigenvalue weighted by Crippen LogP contribution is -2.34. The average molecular weight is 278 g/mol. The van der Waals surface area contributed by atoms with Gasteiger partial charge in [0.05, 0.1) is 17.8 Å². The van der Waals surface area contributed by atoms with Gasteiger partial charge in [-0.25, -0.2) is 13.5 Å². The van der Waals surface area contributed by atoms with Gasteiger partial charge in [-0.05, 0) is 0 Å². The molecule has 0 amide bonds. The normalized spacial score (nSPS) is 11.1. The van der Waals surface area contributed by atoms with Crippen molar-refractivity contribution in [1.82, 2.24) is 9.78 Å². The number of anilines is 1. The second-order valence-corrected chi connectivity index (χ2v) is 3.81. The fourth-order valence-corrected chi connectivity index (χ4v) is 1.29. The SMILES string of the molecule is C#CCn1ncc(Cl)c(NCC(F)(F)CO)c1=O. The monoisotopic (exact) mass is 277 g/mol. The highest BCUT2D eigenvalue weighted by Gasteiger charge is 2.28. The molecule has 0 unspecified atom stereocenters. The third-order valence-corrected chi connectivity index (χ3v) is 2.28. The zero-order chi connectivity index (χ0) is 13.8. The maximum absolute atomic E-state index is 12.8. The van der Waals surface area contributed by atoms with Crippen molar-refractivity contribution >= 4 is 17.3 Å². The summed E-state index contributed by atoms with van der Waals surface area (Å²) in [7, 11) is 0. The Bertz CT molecular complexity index is 525. The number of aliphatic hydroxyl groups is 1. The van der Waals surface area contributed by atoms with Crippen LogP contribution < -0.4 is 10.9 Å². The minimum absolute atomic E-state index is 0.0954. The number of aliphatic hydroxyl groups excluding tert-OH is 1. The van der Waals surface area contributed by atoms with Crippen LogP contribution in [0.2, 0.25) is 5.02 Å². The molecular formula is C10H10ClF2N3O2. The largest absolute Gasteiger partial charge is 0.390 e. The van der Waals surface area contributed by atoms with Crippen LogP contribution in [0.15, 0.2) is 11.0 Å². The molecule has 1 rings (SSSR count). The molecule has 0 aliphatic carbocycles. The van der Waals surface area contributed by atoms with Crippen molar-refractivity contribution < 1.29 is 13.9 Å².